The SMILES string of the molecule is Cc1cc(C)n(-c2cccc(Nc3ccc(F)c(F)c3)n2)n1. The van der Waals surface area contributed by atoms with Crippen molar-refractivity contribution in [1.29, 1.82) is 0 Å². The van der Waals surface area contributed by atoms with Crippen LogP contribution in [0.2, 0.25) is 0 Å². The van der Waals surface area contributed by atoms with Gasteiger partial charge >= 0.3 is 0 Å². The third kappa shape index (κ3) is 2.81. The van der Waals surface area contributed by atoms with E-state index in [0.29, 0.717) is 17.3 Å². The molecule has 0 aliphatic carbocycles. The fourth-order valence-electron chi connectivity index (χ4n) is 2.19. The molecular formula is C16H14F2N4. The van der Waals surface area contributed by atoms with Crippen LogP contribution >= 0.6 is 0 Å². The molecule has 4 nitrogen and oxygen atoms in total. The molecule has 0 spiro atoms. The van der Waals surface area contributed by atoms with Gasteiger partial charge in [0.1, 0.15) is 5.82 Å². The smallest absolute Gasteiger partial charge is 0.160 e. The van der Waals surface area contributed by atoms with Gasteiger partial charge in [-0.2, -0.15) is 5.10 Å². The highest BCUT2D eigenvalue weighted by Crippen LogP contribution is 2.19. The quantitative estimate of drug-likeness (QED) is 0.797. The second-order valence-electron chi connectivity index (χ2n) is 4.97. The van der Waals surface area contributed by atoms with Gasteiger partial charge < -0.3 is 5.32 Å². The number of nitrogens with zero attached hydrogens (tertiary/aromatic N) is 3. The summed E-state index contributed by atoms with van der Waals surface area (Å²) >= 11 is 0. The molecule has 6 heteroatoms. The number of benzene rings is 1. The normalized spacial score (nSPS) is 10.7. The first-order valence-electron chi connectivity index (χ1n) is 6.76. The number of anilines is 2. The lowest BCUT2D eigenvalue weighted by Crippen LogP contribution is -2.04. The van der Waals surface area contributed by atoms with Crippen molar-refractivity contribution in [3.05, 3.63) is 65.5 Å². The minimum Gasteiger partial charge on any atom is -0.340 e. The van der Waals surface area contributed by atoms with E-state index in [1.807, 2.05) is 32.0 Å². The molecule has 0 atom stereocenters. The number of aryl methyl sites for hydroxylation is 2. The Hall–Kier alpha value is -2.76. The van der Waals surface area contributed by atoms with Crippen LogP contribution in [0.1, 0.15) is 11.4 Å². The van der Waals surface area contributed by atoms with Gasteiger partial charge in [-0.25, -0.2) is 18.4 Å². The zero-order valence-electron chi connectivity index (χ0n) is 12.1. The molecule has 22 heavy (non-hydrogen) atoms. The third-order valence-electron chi connectivity index (χ3n) is 3.15. The number of hydrogen-bond acceptors (Lipinski definition) is 3. The molecule has 2 heterocycles. The topological polar surface area (TPSA) is 42.7 Å². The van der Waals surface area contributed by atoms with E-state index in [1.54, 1.807) is 10.7 Å². The Morgan fingerprint density at radius 3 is 2.50 bits per heavy atom. The lowest BCUT2D eigenvalue weighted by atomic mass is 10.3. The summed E-state index contributed by atoms with van der Waals surface area (Å²) in [7, 11) is 0. The van der Waals surface area contributed by atoms with Crippen LogP contribution in [-0.2, 0) is 0 Å². The average Bonchev–Trinajstić information content (AvgIpc) is 2.82. The highest BCUT2D eigenvalue weighted by Gasteiger charge is 2.07. The molecule has 2 aromatic heterocycles. The molecule has 0 unspecified atom stereocenters. The van der Waals surface area contributed by atoms with Gasteiger partial charge in [-0.05, 0) is 44.2 Å². The third-order valence-corrected chi connectivity index (χ3v) is 3.15. The molecule has 0 saturated heterocycles. The summed E-state index contributed by atoms with van der Waals surface area (Å²) in [5, 5.41) is 7.32. The van der Waals surface area contributed by atoms with E-state index in [-0.39, 0.29) is 0 Å². The van der Waals surface area contributed by atoms with E-state index >= 15 is 0 Å². The second-order valence-corrected chi connectivity index (χ2v) is 4.97. The van der Waals surface area contributed by atoms with E-state index in [2.05, 4.69) is 15.4 Å². The molecule has 3 aromatic rings. The summed E-state index contributed by atoms with van der Waals surface area (Å²) in [6.07, 6.45) is 0. The zero-order valence-corrected chi connectivity index (χ0v) is 12.1. The molecule has 112 valence electrons. The maximum atomic E-state index is 13.2. The van der Waals surface area contributed by atoms with Crippen LogP contribution in [0, 0.1) is 25.5 Å². The van der Waals surface area contributed by atoms with Crippen molar-refractivity contribution in [2.75, 3.05) is 5.32 Å². The van der Waals surface area contributed by atoms with E-state index in [9.17, 15) is 8.78 Å². The summed E-state index contributed by atoms with van der Waals surface area (Å²) in [5.41, 5.74) is 2.30. The number of hydrogen-bond donors (Lipinski definition) is 1. The minimum absolute atomic E-state index is 0.428. The van der Waals surface area contributed by atoms with Crippen molar-refractivity contribution in [3.8, 4) is 5.82 Å². The molecule has 3 rings (SSSR count). The average molecular weight is 300 g/mol. The van der Waals surface area contributed by atoms with Crippen LogP contribution in [0.15, 0.2) is 42.5 Å². The van der Waals surface area contributed by atoms with Crippen molar-refractivity contribution in [1.82, 2.24) is 14.8 Å². The lowest BCUT2D eigenvalue weighted by molar-refractivity contribution is 0.509. The summed E-state index contributed by atoms with van der Waals surface area (Å²) in [6, 6.07) is 11.0. The zero-order chi connectivity index (χ0) is 15.7. The van der Waals surface area contributed by atoms with Crippen molar-refractivity contribution in [3.63, 3.8) is 0 Å². The van der Waals surface area contributed by atoms with Crippen LogP contribution in [0.4, 0.5) is 20.3 Å². The number of aromatic nitrogens is 3. The molecule has 0 radical (unpaired) electrons. The number of rotatable bonds is 3. The van der Waals surface area contributed by atoms with Crippen LogP contribution in [0.5, 0.6) is 0 Å². The Balaban J connectivity index is 1.91. The molecule has 0 bridgehead atoms. The van der Waals surface area contributed by atoms with Crippen molar-refractivity contribution in [2.45, 2.75) is 13.8 Å². The van der Waals surface area contributed by atoms with Gasteiger partial charge in [0.15, 0.2) is 17.5 Å². The Morgan fingerprint density at radius 2 is 1.82 bits per heavy atom. The number of nitrogens with one attached hydrogen (secondary N) is 1. The maximum absolute atomic E-state index is 13.2. The largest absolute Gasteiger partial charge is 0.340 e. The van der Waals surface area contributed by atoms with E-state index in [1.165, 1.54) is 6.07 Å². The van der Waals surface area contributed by atoms with Crippen LogP contribution in [-0.4, -0.2) is 14.8 Å². The minimum atomic E-state index is -0.903. The fourth-order valence-corrected chi connectivity index (χ4v) is 2.19. The van der Waals surface area contributed by atoms with Gasteiger partial charge in [0.2, 0.25) is 0 Å². The van der Waals surface area contributed by atoms with Gasteiger partial charge in [-0.15, -0.1) is 0 Å². The van der Waals surface area contributed by atoms with Gasteiger partial charge in [-0.1, -0.05) is 6.07 Å². The first kappa shape index (κ1) is 14.2. The summed E-state index contributed by atoms with van der Waals surface area (Å²) < 4.78 is 27.9. The predicted octanol–water partition coefficient (Wildman–Crippen LogP) is 3.91. The van der Waals surface area contributed by atoms with Crippen molar-refractivity contribution < 1.29 is 8.78 Å². The predicted molar refractivity (Wildman–Crippen MR) is 80.5 cm³/mol. The van der Waals surface area contributed by atoms with Gasteiger partial charge in [0, 0.05) is 17.4 Å². The lowest BCUT2D eigenvalue weighted by Gasteiger charge is -2.09. The van der Waals surface area contributed by atoms with Gasteiger partial charge in [0.25, 0.3) is 0 Å². The van der Waals surface area contributed by atoms with Crippen molar-refractivity contribution >= 4 is 11.5 Å². The molecule has 1 aromatic carbocycles. The molecule has 1 N–H and O–H groups in total. The van der Waals surface area contributed by atoms with Crippen LogP contribution < -0.4 is 5.32 Å². The monoisotopic (exact) mass is 300 g/mol. The van der Waals surface area contributed by atoms with E-state index in [0.717, 1.165) is 23.5 Å². The fraction of sp³-hybridized carbons (Fsp3) is 0.125. The standard InChI is InChI=1S/C16H14F2N4/c1-10-8-11(2)22(21-10)16-5-3-4-15(20-16)19-12-6-7-13(17)14(18)9-12/h3-9H,1-2H3,(H,19,20). The Labute approximate surface area is 126 Å². The Kier molecular flexibility index (Phi) is 3.58. The number of halogens is 2. The van der Waals surface area contributed by atoms with Gasteiger partial charge in [-0.3, -0.25) is 0 Å². The van der Waals surface area contributed by atoms with Gasteiger partial charge in [0.05, 0.1) is 5.69 Å². The Morgan fingerprint density at radius 1 is 1.00 bits per heavy atom. The summed E-state index contributed by atoms with van der Waals surface area (Å²) in [4.78, 5) is 4.44. The molecule has 0 aliphatic heterocycles. The van der Waals surface area contributed by atoms with E-state index < -0.39 is 11.6 Å². The molecular weight excluding hydrogens is 286 g/mol. The van der Waals surface area contributed by atoms with Crippen molar-refractivity contribution in [2.24, 2.45) is 0 Å². The summed E-state index contributed by atoms with van der Waals surface area (Å²) in [5.74, 6) is -0.608. The first-order valence-corrected chi connectivity index (χ1v) is 6.76. The van der Waals surface area contributed by atoms with Crippen LogP contribution in [0.3, 0.4) is 0 Å². The molecule has 0 amide bonds. The highest BCUT2D eigenvalue weighted by molar-refractivity contribution is 5.56. The molecule has 0 fully saturated rings. The second kappa shape index (κ2) is 5.55. The Bertz CT molecular complexity index is 827. The molecule has 0 aliphatic rings. The maximum Gasteiger partial charge on any atom is 0.160 e. The van der Waals surface area contributed by atoms with E-state index in [4.69, 9.17) is 0 Å². The highest BCUT2D eigenvalue weighted by atomic mass is 19.2. The summed E-state index contributed by atoms with van der Waals surface area (Å²) in [6.45, 7) is 3.85. The van der Waals surface area contributed by atoms with Crippen LogP contribution in [0.25, 0.3) is 5.82 Å². The first-order chi connectivity index (χ1) is 10.5. The number of pyridine rings is 1. The molecule has 0 saturated carbocycles.